The van der Waals surface area contributed by atoms with E-state index in [9.17, 15) is 9.59 Å². The molecule has 1 unspecified atom stereocenters. The Hall–Kier alpha value is -5.68. The SMILES string of the molecule is CC.CCC.CCCCOC(=O)/C=C/C(=O)OCCC[N@+]1(C)CCc2cc(OC)c(OC)cc2C1Cc1cc(C)c(OC)c(OC)c1.CCCc1cc(OC)c(C)cc1[C@H](C)Cc1cc(C)c(C)c(OC)c1. The van der Waals surface area contributed by atoms with Gasteiger partial charge >= 0.3 is 11.9 Å². The molecule has 0 bridgehead atoms. The van der Waals surface area contributed by atoms with Crippen LogP contribution in [0.3, 0.4) is 0 Å². The Bertz CT molecular complexity index is 2320. The summed E-state index contributed by atoms with van der Waals surface area (Å²) >= 11 is 0. The number of aryl methyl sites for hydroxylation is 4. The van der Waals surface area contributed by atoms with Crippen LogP contribution in [-0.2, 0) is 44.7 Å². The summed E-state index contributed by atoms with van der Waals surface area (Å²) in [6, 6.07) is 17.5. The number of hydrogen-bond donors (Lipinski definition) is 0. The molecule has 0 saturated heterocycles. The molecule has 1 aliphatic heterocycles. The van der Waals surface area contributed by atoms with Crippen molar-refractivity contribution in [3.8, 4) is 34.5 Å². The van der Waals surface area contributed by atoms with Crippen LogP contribution >= 0.6 is 0 Å². The Labute approximate surface area is 435 Å². The van der Waals surface area contributed by atoms with E-state index in [0.29, 0.717) is 30.4 Å². The number of carbonyl (C=O) groups excluding carboxylic acids is 2. The zero-order valence-electron chi connectivity index (χ0n) is 47.7. The number of nitrogens with zero attached hydrogens (tertiary/aromatic N) is 1. The standard InChI is InChI=1S/C33H46NO8.C23H32O2.C3H8.C2H6/c1-8-9-16-41-31(35)11-12-32(36)42-17-10-14-34(3)15-13-25-21-28(37-4)29(38-5)22-26(25)27(34)19-24-18-23(2)33(40-7)30(20-24)39-6;1-8-9-20-14-22(24-6)17(4)12-21(20)16(3)11-19-10-15(2)18(5)23(13-19)25-7;1-3-2;1-2/h11-12,18,20-22,27H,8-10,13-17,19H2,1-7H3;10,12-14,16H,8-9,11H2,1-7H3;3H2,1-2H3;1-2H3/q+1;;;/b12-11+;;;/t27?,34-;16-;;/m11../s1. The van der Waals surface area contributed by atoms with Gasteiger partial charge in [-0.1, -0.05) is 85.9 Å². The highest BCUT2D eigenvalue weighted by Gasteiger charge is 2.40. The summed E-state index contributed by atoms with van der Waals surface area (Å²) in [6.45, 7) is 25.5. The second-order valence-electron chi connectivity index (χ2n) is 18.6. The predicted molar refractivity (Wildman–Crippen MR) is 294 cm³/mol. The van der Waals surface area contributed by atoms with Crippen LogP contribution in [0, 0.1) is 27.7 Å². The first-order chi connectivity index (χ1) is 34.5. The number of unbranched alkanes of at least 4 members (excludes halogenated alkanes) is 1. The molecule has 1 aliphatic rings. The third-order valence-electron chi connectivity index (χ3n) is 13.1. The van der Waals surface area contributed by atoms with Gasteiger partial charge in [0.15, 0.2) is 23.0 Å². The molecule has 0 amide bonds. The first-order valence-electron chi connectivity index (χ1n) is 26.1. The topological polar surface area (TPSA) is 108 Å². The van der Waals surface area contributed by atoms with E-state index in [4.69, 9.17) is 37.9 Å². The fourth-order valence-corrected chi connectivity index (χ4v) is 9.25. The average Bonchev–Trinajstić information content (AvgIpc) is 3.37. The monoisotopic (exact) mass is 999 g/mol. The van der Waals surface area contributed by atoms with Crippen molar-refractivity contribution in [2.45, 2.75) is 146 Å². The Morgan fingerprint density at radius 3 is 1.75 bits per heavy atom. The lowest BCUT2D eigenvalue weighted by atomic mass is 9.85. The molecule has 4 aromatic carbocycles. The van der Waals surface area contributed by atoms with Gasteiger partial charge in [-0.05, 0) is 133 Å². The van der Waals surface area contributed by atoms with Gasteiger partial charge in [0.05, 0.1) is 76.0 Å². The summed E-state index contributed by atoms with van der Waals surface area (Å²) in [5.41, 5.74) is 12.5. The second kappa shape index (κ2) is 32.4. The number of fused-ring (bicyclic) bond motifs is 1. The summed E-state index contributed by atoms with van der Waals surface area (Å²) in [7, 11) is 12.4. The first kappa shape index (κ1) is 62.4. The quantitative estimate of drug-likeness (QED) is 0.0327. The van der Waals surface area contributed by atoms with Crippen LogP contribution in [0.15, 0.2) is 60.7 Å². The van der Waals surface area contributed by atoms with Crippen LogP contribution in [0.2, 0.25) is 0 Å². The number of rotatable bonds is 22. The normalized spacial score (nSPS) is 14.9. The maximum absolute atomic E-state index is 12.2. The molecule has 0 saturated carbocycles. The number of hydrogen-bond acceptors (Lipinski definition) is 10. The molecular weight excluding hydrogens is 907 g/mol. The molecule has 0 aliphatic carbocycles. The highest BCUT2D eigenvalue weighted by atomic mass is 16.5. The van der Waals surface area contributed by atoms with Gasteiger partial charge in [0.2, 0.25) is 0 Å². The molecule has 400 valence electrons. The van der Waals surface area contributed by atoms with E-state index < -0.39 is 11.9 Å². The third-order valence-corrected chi connectivity index (χ3v) is 13.1. The van der Waals surface area contributed by atoms with Gasteiger partial charge < -0.3 is 42.4 Å². The number of quaternary nitrogens is 1. The van der Waals surface area contributed by atoms with E-state index in [2.05, 4.69) is 98.0 Å². The third kappa shape index (κ3) is 18.1. The fourth-order valence-electron chi connectivity index (χ4n) is 9.25. The summed E-state index contributed by atoms with van der Waals surface area (Å²) in [5.74, 6) is 4.22. The lowest BCUT2D eigenvalue weighted by Gasteiger charge is -2.46. The zero-order valence-corrected chi connectivity index (χ0v) is 47.7. The van der Waals surface area contributed by atoms with E-state index in [0.717, 1.165) is 109 Å². The van der Waals surface area contributed by atoms with Gasteiger partial charge in [0.25, 0.3) is 0 Å². The van der Waals surface area contributed by atoms with E-state index in [1.807, 2.05) is 33.8 Å². The molecule has 0 N–H and O–H groups in total. The fraction of sp³-hybridized carbons (Fsp3) is 0.541. The molecule has 3 atom stereocenters. The van der Waals surface area contributed by atoms with E-state index in [1.165, 1.54) is 50.9 Å². The molecular formula is C61H92NO10+. The maximum atomic E-state index is 12.2. The van der Waals surface area contributed by atoms with Crippen molar-refractivity contribution in [2.24, 2.45) is 0 Å². The largest absolute Gasteiger partial charge is 0.496 e. The molecule has 0 spiro atoms. The van der Waals surface area contributed by atoms with Gasteiger partial charge in [-0.2, -0.15) is 0 Å². The molecule has 0 radical (unpaired) electrons. The van der Waals surface area contributed by atoms with Gasteiger partial charge in [-0.3, -0.25) is 0 Å². The number of esters is 2. The molecule has 72 heavy (non-hydrogen) atoms. The van der Waals surface area contributed by atoms with Crippen LogP contribution < -0.4 is 28.4 Å². The van der Waals surface area contributed by atoms with Gasteiger partial charge in [-0.15, -0.1) is 0 Å². The Balaban J connectivity index is 0.000000502. The van der Waals surface area contributed by atoms with E-state index in [1.54, 1.807) is 42.7 Å². The Morgan fingerprint density at radius 2 is 1.19 bits per heavy atom. The van der Waals surface area contributed by atoms with Gasteiger partial charge in [-0.25, -0.2) is 9.59 Å². The minimum atomic E-state index is -0.553. The molecule has 0 aromatic heterocycles. The number of benzene rings is 4. The molecule has 1 heterocycles. The minimum absolute atomic E-state index is 0.111. The van der Waals surface area contributed by atoms with Crippen LogP contribution in [0.4, 0.5) is 0 Å². The number of ether oxygens (including phenoxy) is 8. The molecule has 11 nitrogen and oxygen atoms in total. The van der Waals surface area contributed by atoms with Crippen molar-refractivity contribution in [1.29, 1.82) is 0 Å². The Morgan fingerprint density at radius 1 is 0.639 bits per heavy atom. The highest BCUT2D eigenvalue weighted by Crippen LogP contribution is 2.44. The summed E-state index contributed by atoms with van der Waals surface area (Å²) in [6.07, 6.45) is 10.8. The highest BCUT2D eigenvalue weighted by molar-refractivity contribution is 5.91. The maximum Gasteiger partial charge on any atom is 0.331 e. The predicted octanol–water partition coefficient (Wildman–Crippen LogP) is 13.5. The van der Waals surface area contributed by atoms with Crippen molar-refractivity contribution in [2.75, 3.05) is 76.0 Å². The van der Waals surface area contributed by atoms with Gasteiger partial charge in [0.1, 0.15) is 17.5 Å². The number of carbonyl (C=O) groups is 2. The lowest BCUT2D eigenvalue weighted by Crippen LogP contribution is -2.52. The van der Waals surface area contributed by atoms with Crippen molar-refractivity contribution in [1.82, 2.24) is 0 Å². The molecule has 4 aromatic rings. The first-order valence-corrected chi connectivity index (χ1v) is 26.1. The average molecular weight is 999 g/mol. The molecule has 11 heteroatoms. The van der Waals surface area contributed by atoms with E-state index in [-0.39, 0.29) is 12.6 Å². The van der Waals surface area contributed by atoms with Crippen LogP contribution in [0.25, 0.3) is 0 Å². The van der Waals surface area contributed by atoms with Crippen LogP contribution in [-0.4, -0.2) is 92.4 Å². The number of methoxy groups -OCH3 is 6. The second-order valence-corrected chi connectivity index (χ2v) is 18.6. The summed E-state index contributed by atoms with van der Waals surface area (Å²) < 4.78 is 44.8. The molecule has 0 fully saturated rings. The molecule has 5 rings (SSSR count). The Kier molecular flexibility index (Phi) is 28.1. The summed E-state index contributed by atoms with van der Waals surface area (Å²) in [4.78, 5) is 23.9. The van der Waals surface area contributed by atoms with Crippen LogP contribution in [0.5, 0.6) is 34.5 Å². The summed E-state index contributed by atoms with van der Waals surface area (Å²) in [5, 5.41) is 0. The van der Waals surface area contributed by atoms with Crippen molar-refractivity contribution >= 4 is 11.9 Å². The van der Waals surface area contributed by atoms with E-state index >= 15 is 0 Å². The van der Waals surface area contributed by atoms with Crippen molar-refractivity contribution < 1.29 is 52.0 Å². The van der Waals surface area contributed by atoms with Crippen LogP contribution in [0.1, 0.15) is 148 Å². The lowest BCUT2D eigenvalue weighted by molar-refractivity contribution is -0.941. The number of likely N-dealkylation sites (N-methyl/N-ethyl adjacent to an activating group) is 1. The van der Waals surface area contributed by atoms with Crippen molar-refractivity contribution in [3.63, 3.8) is 0 Å². The minimum Gasteiger partial charge on any atom is -0.496 e. The van der Waals surface area contributed by atoms with Crippen molar-refractivity contribution in [3.05, 3.63) is 116 Å². The zero-order chi connectivity index (χ0) is 54.0. The smallest absolute Gasteiger partial charge is 0.331 e. The van der Waals surface area contributed by atoms with Gasteiger partial charge in [0, 0.05) is 37.0 Å².